The summed E-state index contributed by atoms with van der Waals surface area (Å²) in [4.78, 5) is 0. The highest BCUT2D eigenvalue weighted by atomic mass is 16.7. The molecule has 0 aromatic heterocycles. The van der Waals surface area contributed by atoms with Crippen molar-refractivity contribution < 1.29 is 9.47 Å². The Bertz CT molecular complexity index is 296. The van der Waals surface area contributed by atoms with E-state index in [1.165, 1.54) is 0 Å². The molecule has 0 amide bonds. The van der Waals surface area contributed by atoms with Gasteiger partial charge in [-0.1, -0.05) is 37.3 Å². The first-order chi connectivity index (χ1) is 6.77. The summed E-state index contributed by atoms with van der Waals surface area (Å²) in [6.45, 7) is 4.81. The maximum Gasteiger partial charge on any atom is 0.195 e. The third-order valence-electron chi connectivity index (χ3n) is 2.62. The number of hydrogen-bond donors (Lipinski definition) is 0. The first kappa shape index (κ1) is 9.69. The molecule has 1 aliphatic rings. The van der Waals surface area contributed by atoms with Gasteiger partial charge in [-0.3, -0.25) is 0 Å². The fraction of sp³-hybridized carbons (Fsp3) is 0.500. The number of ether oxygens (including phenoxy) is 2. The molecule has 2 rings (SSSR count). The molecule has 1 heterocycles. The van der Waals surface area contributed by atoms with Gasteiger partial charge in [0.15, 0.2) is 5.79 Å². The van der Waals surface area contributed by atoms with E-state index in [-0.39, 0.29) is 6.10 Å². The smallest absolute Gasteiger partial charge is 0.195 e. The third-order valence-corrected chi connectivity index (χ3v) is 2.62. The van der Waals surface area contributed by atoms with Gasteiger partial charge in [-0.2, -0.15) is 0 Å². The van der Waals surface area contributed by atoms with E-state index in [1.807, 2.05) is 25.1 Å². The van der Waals surface area contributed by atoms with Crippen molar-refractivity contribution in [3.8, 4) is 0 Å². The Morgan fingerprint density at radius 1 is 1.36 bits per heavy atom. The summed E-state index contributed by atoms with van der Waals surface area (Å²) in [7, 11) is 0. The second kappa shape index (κ2) is 3.71. The molecule has 14 heavy (non-hydrogen) atoms. The molecular formula is C12H16O2. The minimum atomic E-state index is -0.499. The van der Waals surface area contributed by atoms with E-state index in [9.17, 15) is 0 Å². The van der Waals surface area contributed by atoms with Crippen LogP contribution in [0, 0.1) is 0 Å². The lowest BCUT2D eigenvalue weighted by molar-refractivity contribution is -0.177. The van der Waals surface area contributed by atoms with Gasteiger partial charge in [0.25, 0.3) is 0 Å². The van der Waals surface area contributed by atoms with E-state index in [2.05, 4.69) is 19.1 Å². The SMILES string of the molecule is CCC1(c2ccccc2)OCC(C)O1. The summed E-state index contributed by atoms with van der Waals surface area (Å²) in [5, 5.41) is 0. The van der Waals surface area contributed by atoms with Crippen LogP contribution < -0.4 is 0 Å². The topological polar surface area (TPSA) is 18.5 Å². The van der Waals surface area contributed by atoms with E-state index in [0.29, 0.717) is 6.61 Å². The molecule has 2 unspecified atom stereocenters. The van der Waals surface area contributed by atoms with Gasteiger partial charge in [-0.25, -0.2) is 0 Å². The van der Waals surface area contributed by atoms with Crippen LogP contribution in [0.1, 0.15) is 25.8 Å². The Kier molecular flexibility index (Phi) is 2.57. The fourth-order valence-electron chi connectivity index (χ4n) is 1.88. The van der Waals surface area contributed by atoms with E-state index < -0.39 is 5.79 Å². The largest absolute Gasteiger partial charge is 0.343 e. The average Bonchev–Trinajstić information content (AvgIpc) is 2.63. The highest BCUT2D eigenvalue weighted by Crippen LogP contribution is 2.36. The Balaban J connectivity index is 2.30. The van der Waals surface area contributed by atoms with Gasteiger partial charge in [0, 0.05) is 12.0 Å². The number of rotatable bonds is 2. The lowest BCUT2D eigenvalue weighted by atomic mass is 10.0. The van der Waals surface area contributed by atoms with Crippen LogP contribution in [-0.4, -0.2) is 12.7 Å². The van der Waals surface area contributed by atoms with Crippen LogP contribution in [0.4, 0.5) is 0 Å². The van der Waals surface area contributed by atoms with Crippen molar-refractivity contribution in [3.05, 3.63) is 35.9 Å². The monoisotopic (exact) mass is 192 g/mol. The van der Waals surface area contributed by atoms with Crippen LogP contribution in [0.25, 0.3) is 0 Å². The van der Waals surface area contributed by atoms with Gasteiger partial charge in [-0.05, 0) is 6.92 Å². The second-order valence-electron chi connectivity index (χ2n) is 3.71. The van der Waals surface area contributed by atoms with Gasteiger partial charge >= 0.3 is 0 Å². The summed E-state index contributed by atoms with van der Waals surface area (Å²) in [5.74, 6) is -0.499. The van der Waals surface area contributed by atoms with Crippen LogP contribution in [0.15, 0.2) is 30.3 Å². The Morgan fingerprint density at radius 2 is 2.07 bits per heavy atom. The van der Waals surface area contributed by atoms with Crippen LogP contribution in [-0.2, 0) is 15.3 Å². The molecule has 1 aliphatic heterocycles. The van der Waals surface area contributed by atoms with Gasteiger partial charge in [0.2, 0.25) is 0 Å². The maximum atomic E-state index is 5.86. The summed E-state index contributed by atoms with van der Waals surface area (Å²) in [6, 6.07) is 10.2. The highest BCUT2D eigenvalue weighted by Gasteiger charge is 2.39. The lowest BCUT2D eigenvalue weighted by Gasteiger charge is -2.26. The van der Waals surface area contributed by atoms with Crippen molar-refractivity contribution in [1.29, 1.82) is 0 Å². The Labute approximate surface area is 84.8 Å². The molecule has 0 saturated carbocycles. The van der Waals surface area contributed by atoms with Crippen molar-refractivity contribution >= 4 is 0 Å². The molecule has 2 nitrogen and oxygen atoms in total. The van der Waals surface area contributed by atoms with Crippen LogP contribution in [0.2, 0.25) is 0 Å². The van der Waals surface area contributed by atoms with Gasteiger partial charge < -0.3 is 9.47 Å². The van der Waals surface area contributed by atoms with E-state index in [4.69, 9.17) is 9.47 Å². The second-order valence-corrected chi connectivity index (χ2v) is 3.71. The molecule has 0 aliphatic carbocycles. The standard InChI is InChI=1S/C12H16O2/c1-3-12(13-9-10(2)14-12)11-7-5-4-6-8-11/h4-8,10H,3,9H2,1-2H3. The zero-order valence-electron chi connectivity index (χ0n) is 8.69. The minimum absolute atomic E-state index is 0.190. The maximum absolute atomic E-state index is 5.86. The van der Waals surface area contributed by atoms with Gasteiger partial charge in [0.05, 0.1) is 12.7 Å². The third kappa shape index (κ3) is 1.56. The van der Waals surface area contributed by atoms with Crippen LogP contribution in [0.5, 0.6) is 0 Å². The minimum Gasteiger partial charge on any atom is -0.343 e. The van der Waals surface area contributed by atoms with Crippen molar-refractivity contribution in [1.82, 2.24) is 0 Å². The fourth-order valence-corrected chi connectivity index (χ4v) is 1.88. The first-order valence-electron chi connectivity index (χ1n) is 5.14. The molecule has 0 bridgehead atoms. The molecule has 76 valence electrons. The van der Waals surface area contributed by atoms with Gasteiger partial charge in [0.1, 0.15) is 0 Å². The van der Waals surface area contributed by atoms with E-state index in [0.717, 1.165) is 12.0 Å². The molecule has 1 saturated heterocycles. The zero-order chi connectivity index (χ0) is 10.0. The quantitative estimate of drug-likeness (QED) is 0.717. The molecule has 2 atom stereocenters. The van der Waals surface area contributed by atoms with Crippen molar-refractivity contribution in [3.63, 3.8) is 0 Å². The highest BCUT2D eigenvalue weighted by molar-refractivity contribution is 5.20. The molecule has 2 heteroatoms. The first-order valence-corrected chi connectivity index (χ1v) is 5.14. The number of hydrogen-bond acceptors (Lipinski definition) is 2. The molecule has 0 spiro atoms. The predicted octanol–water partition coefficient (Wildman–Crippen LogP) is 2.68. The normalized spacial score (nSPS) is 32.0. The Hall–Kier alpha value is -0.860. The van der Waals surface area contributed by atoms with Crippen LogP contribution in [0.3, 0.4) is 0 Å². The summed E-state index contributed by atoms with van der Waals surface area (Å²) in [6.07, 6.45) is 1.04. The Morgan fingerprint density at radius 3 is 2.57 bits per heavy atom. The van der Waals surface area contributed by atoms with Crippen LogP contribution >= 0.6 is 0 Å². The number of benzene rings is 1. The molecule has 1 aromatic carbocycles. The predicted molar refractivity (Wildman–Crippen MR) is 54.9 cm³/mol. The molecule has 0 N–H and O–H groups in total. The van der Waals surface area contributed by atoms with Crippen molar-refractivity contribution in [2.24, 2.45) is 0 Å². The average molecular weight is 192 g/mol. The van der Waals surface area contributed by atoms with E-state index >= 15 is 0 Å². The van der Waals surface area contributed by atoms with Gasteiger partial charge in [-0.15, -0.1) is 0 Å². The molecule has 1 aromatic rings. The summed E-state index contributed by atoms with van der Waals surface area (Å²) in [5.41, 5.74) is 1.12. The molecule has 1 fully saturated rings. The molecular weight excluding hydrogens is 176 g/mol. The molecule has 0 radical (unpaired) electrons. The van der Waals surface area contributed by atoms with Crippen molar-refractivity contribution in [2.75, 3.05) is 6.61 Å². The van der Waals surface area contributed by atoms with Crippen molar-refractivity contribution in [2.45, 2.75) is 32.2 Å². The van der Waals surface area contributed by atoms with E-state index in [1.54, 1.807) is 0 Å². The summed E-state index contributed by atoms with van der Waals surface area (Å²) < 4.78 is 11.6. The summed E-state index contributed by atoms with van der Waals surface area (Å²) >= 11 is 0. The lowest BCUT2D eigenvalue weighted by Crippen LogP contribution is -2.26. The zero-order valence-corrected chi connectivity index (χ0v) is 8.69.